The van der Waals surface area contributed by atoms with Gasteiger partial charge in [0.2, 0.25) is 0 Å². The van der Waals surface area contributed by atoms with Crippen LogP contribution in [0.1, 0.15) is 46.5 Å². The summed E-state index contributed by atoms with van der Waals surface area (Å²) in [5.74, 6) is -0.706. The van der Waals surface area contributed by atoms with Crippen LogP contribution in [0.2, 0.25) is 0 Å². The summed E-state index contributed by atoms with van der Waals surface area (Å²) in [4.78, 5) is 15.5. The van der Waals surface area contributed by atoms with Crippen molar-refractivity contribution in [2.75, 3.05) is 32.7 Å². The van der Waals surface area contributed by atoms with Crippen molar-refractivity contribution in [1.29, 1.82) is 0 Å². The van der Waals surface area contributed by atoms with Crippen molar-refractivity contribution in [2.45, 2.75) is 52.0 Å². The molecule has 1 aliphatic heterocycles. The molecule has 0 spiro atoms. The van der Waals surface area contributed by atoms with Crippen LogP contribution in [-0.2, 0) is 4.79 Å². The zero-order valence-corrected chi connectivity index (χ0v) is 12.1. The van der Waals surface area contributed by atoms with E-state index in [-0.39, 0.29) is 12.0 Å². The van der Waals surface area contributed by atoms with Crippen molar-refractivity contribution in [1.82, 2.24) is 9.80 Å². The summed E-state index contributed by atoms with van der Waals surface area (Å²) in [6, 6.07) is 0. The minimum absolute atomic E-state index is 0.0469. The van der Waals surface area contributed by atoms with Crippen LogP contribution in [0.25, 0.3) is 0 Å². The molecule has 0 aromatic rings. The Morgan fingerprint density at radius 3 is 2.28 bits per heavy atom. The highest BCUT2D eigenvalue weighted by Gasteiger charge is 2.22. The van der Waals surface area contributed by atoms with Gasteiger partial charge in [-0.25, -0.2) is 0 Å². The van der Waals surface area contributed by atoms with Gasteiger partial charge < -0.3 is 10.0 Å². The third-order valence-electron chi connectivity index (χ3n) is 3.68. The monoisotopic (exact) mass is 256 g/mol. The number of carboxylic acids is 1. The van der Waals surface area contributed by atoms with Crippen LogP contribution in [0.3, 0.4) is 0 Å². The fraction of sp³-hybridized carbons (Fsp3) is 0.929. The highest BCUT2D eigenvalue weighted by Crippen LogP contribution is 2.15. The zero-order valence-electron chi connectivity index (χ0n) is 12.1. The van der Waals surface area contributed by atoms with Crippen LogP contribution >= 0.6 is 0 Å². The molecule has 1 saturated heterocycles. The lowest BCUT2D eigenvalue weighted by Crippen LogP contribution is -2.47. The second-order valence-electron chi connectivity index (χ2n) is 6.20. The molecule has 0 amide bonds. The van der Waals surface area contributed by atoms with Crippen molar-refractivity contribution in [3.8, 4) is 0 Å². The van der Waals surface area contributed by atoms with Crippen LogP contribution in [0.15, 0.2) is 0 Å². The Bertz CT molecular complexity index is 255. The number of likely N-dealkylation sites (tertiary alicyclic amines) is 1. The lowest BCUT2D eigenvalue weighted by atomic mass is 10.1. The van der Waals surface area contributed by atoms with Gasteiger partial charge in [0.25, 0.3) is 0 Å². The lowest BCUT2D eigenvalue weighted by molar-refractivity contribution is -0.137. The van der Waals surface area contributed by atoms with Gasteiger partial charge in [-0.3, -0.25) is 9.69 Å². The second-order valence-corrected chi connectivity index (χ2v) is 6.20. The summed E-state index contributed by atoms with van der Waals surface area (Å²) < 4.78 is 0. The number of carboxylic acid groups (broad SMARTS) is 1. The van der Waals surface area contributed by atoms with Crippen molar-refractivity contribution < 1.29 is 9.90 Å². The second kappa shape index (κ2) is 7.10. The molecule has 4 heteroatoms. The smallest absolute Gasteiger partial charge is 0.304 e. The molecule has 0 bridgehead atoms. The van der Waals surface area contributed by atoms with E-state index in [9.17, 15) is 4.79 Å². The number of carbonyl (C=O) groups is 1. The summed E-state index contributed by atoms with van der Waals surface area (Å²) in [5.41, 5.74) is 0.0469. The first kappa shape index (κ1) is 15.4. The van der Waals surface area contributed by atoms with Crippen molar-refractivity contribution in [2.24, 2.45) is 0 Å². The van der Waals surface area contributed by atoms with Gasteiger partial charge in [0, 0.05) is 25.2 Å². The molecule has 1 heterocycles. The molecular formula is C14H28N2O2. The Labute approximate surface area is 111 Å². The minimum atomic E-state index is -0.706. The topological polar surface area (TPSA) is 43.8 Å². The van der Waals surface area contributed by atoms with E-state index >= 15 is 0 Å². The van der Waals surface area contributed by atoms with Crippen LogP contribution in [0, 0.1) is 0 Å². The molecule has 0 atom stereocenters. The van der Waals surface area contributed by atoms with Crippen LogP contribution in [-0.4, -0.2) is 59.1 Å². The SMILES string of the molecule is CC(C)(C)N(CCC(=O)O)CCN1CCCCC1. The Hall–Kier alpha value is -0.610. The van der Waals surface area contributed by atoms with E-state index in [0.717, 1.165) is 13.1 Å². The third-order valence-corrected chi connectivity index (χ3v) is 3.68. The van der Waals surface area contributed by atoms with Gasteiger partial charge in [-0.2, -0.15) is 0 Å². The Kier molecular flexibility index (Phi) is 6.09. The molecule has 0 aliphatic carbocycles. The highest BCUT2D eigenvalue weighted by atomic mass is 16.4. The molecule has 4 nitrogen and oxygen atoms in total. The molecule has 1 fully saturated rings. The van der Waals surface area contributed by atoms with E-state index in [1.807, 2.05) is 0 Å². The summed E-state index contributed by atoms with van der Waals surface area (Å²) >= 11 is 0. The molecule has 1 rings (SSSR count). The molecule has 18 heavy (non-hydrogen) atoms. The zero-order chi connectivity index (χ0) is 13.6. The maximum atomic E-state index is 10.7. The van der Waals surface area contributed by atoms with E-state index < -0.39 is 5.97 Å². The van der Waals surface area contributed by atoms with Crippen molar-refractivity contribution >= 4 is 5.97 Å². The van der Waals surface area contributed by atoms with Crippen LogP contribution in [0.5, 0.6) is 0 Å². The highest BCUT2D eigenvalue weighted by molar-refractivity contribution is 5.66. The van der Waals surface area contributed by atoms with Gasteiger partial charge in [0.15, 0.2) is 0 Å². The number of nitrogens with zero attached hydrogens (tertiary/aromatic N) is 2. The number of hydrogen-bond donors (Lipinski definition) is 1. The van der Waals surface area contributed by atoms with Crippen molar-refractivity contribution in [3.63, 3.8) is 0 Å². The molecule has 106 valence electrons. The molecule has 1 N–H and O–H groups in total. The van der Waals surface area contributed by atoms with E-state index in [1.165, 1.54) is 32.4 Å². The molecule has 0 aromatic heterocycles. The fourth-order valence-electron chi connectivity index (χ4n) is 2.46. The normalized spacial score (nSPS) is 18.2. The predicted octanol–water partition coefficient (Wildman–Crippen LogP) is 2.05. The van der Waals surface area contributed by atoms with Gasteiger partial charge in [-0.15, -0.1) is 0 Å². The molecular weight excluding hydrogens is 228 g/mol. The maximum Gasteiger partial charge on any atom is 0.304 e. The molecule has 0 unspecified atom stereocenters. The first-order valence-electron chi connectivity index (χ1n) is 7.09. The van der Waals surface area contributed by atoms with Crippen LogP contribution < -0.4 is 0 Å². The molecule has 1 aliphatic rings. The minimum Gasteiger partial charge on any atom is -0.481 e. The standard InChI is InChI=1S/C14H28N2O2/c1-14(2,3)16(10-7-13(17)18)12-11-15-8-5-4-6-9-15/h4-12H2,1-3H3,(H,17,18). The number of hydrogen-bond acceptors (Lipinski definition) is 3. The summed E-state index contributed by atoms with van der Waals surface area (Å²) in [6.45, 7) is 11.6. The van der Waals surface area contributed by atoms with E-state index in [1.54, 1.807) is 0 Å². The van der Waals surface area contributed by atoms with Gasteiger partial charge in [-0.1, -0.05) is 6.42 Å². The van der Waals surface area contributed by atoms with E-state index in [0.29, 0.717) is 6.54 Å². The van der Waals surface area contributed by atoms with Gasteiger partial charge in [-0.05, 0) is 46.7 Å². The predicted molar refractivity (Wildman–Crippen MR) is 73.9 cm³/mol. The number of piperidine rings is 1. The molecule has 0 radical (unpaired) electrons. The largest absolute Gasteiger partial charge is 0.481 e. The number of rotatable bonds is 6. The Balaban J connectivity index is 2.37. The first-order valence-corrected chi connectivity index (χ1v) is 7.09. The van der Waals surface area contributed by atoms with Crippen LogP contribution in [0.4, 0.5) is 0 Å². The van der Waals surface area contributed by atoms with Gasteiger partial charge in [0.05, 0.1) is 6.42 Å². The fourth-order valence-corrected chi connectivity index (χ4v) is 2.46. The summed E-state index contributed by atoms with van der Waals surface area (Å²) in [7, 11) is 0. The van der Waals surface area contributed by atoms with E-state index in [4.69, 9.17) is 5.11 Å². The van der Waals surface area contributed by atoms with Gasteiger partial charge >= 0.3 is 5.97 Å². The lowest BCUT2D eigenvalue weighted by Gasteiger charge is -2.37. The average molecular weight is 256 g/mol. The van der Waals surface area contributed by atoms with E-state index in [2.05, 4.69) is 30.6 Å². The Morgan fingerprint density at radius 2 is 1.78 bits per heavy atom. The quantitative estimate of drug-likeness (QED) is 0.790. The molecule has 0 aromatic carbocycles. The summed E-state index contributed by atoms with van der Waals surface area (Å²) in [5, 5.41) is 8.81. The summed E-state index contributed by atoms with van der Waals surface area (Å²) in [6.07, 6.45) is 4.21. The maximum absolute atomic E-state index is 10.7. The molecule has 0 saturated carbocycles. The average Bonchev–Trinajstić information content (AvgIpc) is 2.28. The van der Waals surface area contributed by atoms with Crippen molar-refractivity contribution in [3.05, 3.63) is 0 Å². The van der Waals surface area contributed by atoms with Gasteiger partial charge in [0.1, 0.15) is 0 Å². The third kappa shape index (κ3) is 5.83. The first-order chi connectivity index (χ1) is 8.39. The number of aliphatic carboxylic acids is 1. The Morgan fingerprint density at radius 1 is 1.17 bits per heavy atom.